The fourth-order valence-electron chi connectivity index (χ4n) is 2.17. The van der Waals surface area contributed by atoms with Crippen LogP contribution in [0.5, 0.6) is 0 Å². The van der Waals surface area contributed by atoms with Crippen molar-refractivity contribution >= 4 is 10.3 Å². The number of nitrogens with zero attached hydrogens (tertiary/aromatic N) is 1. The Labute approximate surface area is 129 Å². The van der Waals surface area contributed by atoms with Crippen LogP contribution in [0.2, 0.25) is 0 Å². The molecule has 0 aliphatic carbocycles. The number of hydrogen-bond donors (Lipinski definition) is 0. The van der Waals surface area contributed by atoms with E-state index in [1.807, 2.05) is 0 Å². The predicted octanol–water partition coefficient (Wildman–Crippen LogP) is 3.61. The van der Waals surface area contributed by atoms with E-state index in [0.29, 0.717) is 0 Å². The summed E-state index contributed by atoms with van der Waals surface area (Å²) in [7, 11) is -3.65. The van der Waals surface area contributed by atoms with Gasteiger partial charge in [-0.05, 0) is 6.42 Å². The molecular weight excluding hydrogens is 286 g/mol. The lowest BCUT2D eigenvalue weighted by Crippen LogP contribution is -2.43. The van der Waals surface area contributed by atoms with Gasteiger partial charge < -0.3 is 0 Å². The number of pyridine rings is 1. The molecule has 0 aromatic carbocycles. The van der Waals surface area contributed by atoms with Crippen LogP contribution < -0.4 is 3.97 Å². The van der Waals surface area contributed by atoms with Crippen LogP contribution in [0.15, 0.2) is 30.6 Å². The molecule has 0 bridgehead atoms. The highest BCUT2D eigenvalue weighted by Crippen LogP contribution is 2.09. The molecule has 1 heterocycles. The molecule has 4 nitrogen and oxygen atoms in total. The normalized spacial score (nSPS) is 11.7. The first-order chi connectivity index (χ1) is 10.2. The zero-order chi connectivity index (χ0) is 15.4. The number of aromatic nitrogens is 1. The average Bonchev–Trinajstić information content (AvgIpc) is 2.50. The predicted molar refractivity (Wildman–Crippen MR) is 84.1 cm³/mol. The molecule has 120 valence electrons. The highest BCUT2D eigenvalue weighted by Gasteiger charge is 2.21. The van der Waals surface area contributed by atoms with Crippen LogP contribution in [-0.4, -0.2) is 15.0 Å². The molecule has 1 aromatic heterocycles. The molecule has 0 N–H and O–H groups in total. The SMILES string of the molecule is CCCCCCCCCCCOS(=O)(=O)[n+]1ccccc1. The Kier molecular flexibility index (Phi) is 9.26. The van der Waals surface area contributed by atoms with Gasteiger partial charge in [-0.3, -0.25) is 0 Å². The van der Waals surface area contributed by atoms with Crippen molar-refractivity contribution in [2.75, 3.05) is 6.61 Å². The van der Waals surface area contributed by atoms with Crippen molar-refractivity contribution in [1.82, 2.24) is 0 Å². The molecule has 0 atom stereocenters. The zero-order valence-electron chi connectivity index (χ0n) is 13.0. The van der Waals surface area contributed by atoms with E-state index in [1.54, 1.807) is 18.2 Å². The molecule has 21 heavy (non-hydrogen) atoms. The minimum atomic E-state index is -3.65. The van der Waals surface area contributed by atoms with E-state index >= 15 is 0 Å². The van der Waals surface area contributed by atoms with Crippen molar-refractivity contribution in [2.45, 2.75) is 64.7 Å². The molecule has 0 saturated heterocycles. The van der Waals surface area contributed by atoms with E-state index in [2.05, 4.69) is 6.92 Å². The lowest BCUT2D eigenvalue weighted by Gasteiger charge is -2.02. The third kappa shape index (κ3) is 8.17. The second-order valence-electron chi connectivity index (χ2n) is 5.31. The summed E-state index contributed by atoms with van der Waals surface area (Å²) in [6.45, 7) is 2.49. The maximum atomic E-state index is 11.8. The molecule has 0 aliphatic rings. The number of hydrogen-bond acceptors (Lipinski definition) is 3. The number of unbranched alkanes of at least 4 members (excludes halogenated alkanes) is 8. The van der Waals surface area contributed by atoms with Crippen molar-refractivity contribution in [3.63, 3.8) is 0 Å². The molecule has 0 amide bonds. The van der Waals surface area contributed by atoms with Crippen LogP contribution in [0.4, 0.5) is 0 Å². The molecule has 1 rings (SSSR count). The Morgan fingerprint density at radius 2 is 1.33 bits per heavy atom. The molecule has 5 heteroatoms. The quantitative estimate of drug-likeness (QED) is 0.437. The summed E-state index contributed by atoms with van der Waals surface area (Å²) in [5, 5.41) is 0. The second-order valence-corrected chi connectivity index (χ2v) is 6.83. The van der Waals surface area contributed by atoms with Gasteiger partial charge in [0.1, 0.15) is 0 Å². The first kappa shape index (κ1) is 18.1. The topological polar surface area (TPSA) is 47.3 Å². The second kappa shape index (κ2) is 10.7. The largest absolute Gasteiger partial charge is 0.513 e. The highest BCUT2D eigenvalue weighted by atomic mass is 32.2. The lowest BCUT2D eigenvalue weighted by atomic mass is 10.1. The zero-order valence-corrected chi connectivity index (χ0v) is 13.9. The maximum Gasteiger partial charge on any atom is 0.513 e. The summed E-state index contributed by atoms with van der Waals surface area (Å²) in [5.41, 5.74) is 0. The third-order valence-electron chi connectivity index (χ3n) is 3.43. The van der Waals surface area contributed by atoms with Gasteiger partial charge in [-0.2, -0.15) is 0 Å². The van der Waals surface area contributed by atoms with Crippen molar-refractivity contribution in [3.8, 4) is 0 Å². The molecule has 0 unspecified atom stereocenters. The van der Waals surface area contributed by atoms with E-state index in [9.17, 15) is 8.42 Å². The summed E-state index contributed by atoms with van der Waals surface area (Å²) in [5.74, 6) is 0. The van der Waals surface area contributed by atoms with E-state index in [-0.39, 0.29) is 6.61 Å². The van der Waals surface area contributed by atoms with Gasteiger partial charge in [-0.1, -0.05) is 68.3 Å². The monoisotopic (exact) mass is 314 g/mol. The standard InChI is InChI=1S/C16H28NO3S/c1-2-3-4-5-6-7-8-9-13-16-20-21(18,19)17-14-11-10-12-15-17/h10-12,14-15H,2-9,13,16H2,1H3/q+1. The highest BCUT2D eigenvalue weighted by molar-refractivity contribution is 7.80. The Morgan fingerprint density at radius 3 is 1.90 bits per heavy atom. The molecule has 0 spiro atoms. The Morgan fingerprint density at radius 1 is 0.810 bits per heavy atom. The van der Waals surface area contributed by atoms with Gasteiger partial charge in [-0.25, -0.2) is 4.18 Å². The van der Waals surface area contributed by atoms with Gasteiger partial charge in [0, 0.05) is 12.1 Å². The van der Waals surface area contributed by atoms with Crippen molar-refractivity contribution in [3.05, 3.63) is 30.6 Å². The lowest BCUT2D eigenvalue weighted by molar-refractivity contribution is -0.520. The van der Waals surface area contributed by atoms with Gasteiger partial charge in [0.2, 0.25) is 0 Å². The maximum absolute atomic E-state index is 11.8. The van der Waals surface area contributed by atoms with Crippen LogP contribution in [0, 0.1) is 0 Å². The van der Waals surface area contributed by atoms with Crippen LogP contribution in [0.3, 0.4) is 0 Å². The van der Waals surface area contributed by atoms with Gasteiger partial charge in [0.15, 0.2) is 12.4 Å². The smallest absolute Gasteiger partial charge is 0.218 e. The molecule has 0 fully saturated rings. The van der Waals surface area contributed by atoms with E-state index in [4.69, 9.17) is 4.18 Å². The molecule has 0 radical (unpaired) electrons. The molecule has 0 aliphatic heterocycles. The fraction of sp³-hybridized carbons (Fsp3) is 0.688. The summed E-state index contributed by atoms with van der Waals surface area (Å²) in [6, 6.07) is 5.10. The van der Waals surface area contributed by atoms with Crippen molar-refractivity contribution < 1.29 is 16.6 Å². The third-order valence-corrected chi connectivity index (χ3v) is 4.65. The fourth-order valence-corrected chi connectivity index (χ4v) is 3.06. The average molecular weight is 314 g/mol. The minimum Gasteiger partial charge on any atom is -0.218 e. The molecular formula is C16H28NO3S+. The van der Waals surface area contributed by atoms with E-state index in [0.717, 1.165) is 23.2 Å². The van der Waals surface area contributed by atoms with Crippen LogP contribution in [-0.2, 0) is 14.5 Å². The molecule has 0 saturated carbocycles. The van der Waals surface area contributed by atoms with Crippen LogP contribution in [0.25, 0.3) is 0 Å². The molecule has 1 aromatic rings. The number of rotatable bonds is 12. The van der Waals surface area contributed by atoms with Gasteiger partial charge in [0.25, 0.3) is 0 Å². The van der Waals surface area contributed by atoms with Crippen LogP contribution >= 0.6 is 0 Å². The summed E-state index contributed by atoms with van der Waals surface area (Å²) >= 11 is 0. The Bertz CT molecular complexity index is 460. The first-order valence-corrected chi connectivity index (χ1v) is 9.39. The van der Waals surface area contributed by atoms with Crippen LogP contribution in [0.1, 0.15) is 64.7 Å². The minimum absolute atomic E-state index is 0.264. The van der Waals surface area contributed by atoms with Gasteiger partial charge >= 0.3 is 10.3 Å². The summed E-state index contributed by atoms with van der Waals surface area (Å²) in [6.07, 6.45) is 13.8. The van der Waals surface area contributed by atoms with Crippen molar-refractivity contribution in [1.29, 1.82) is 0 Å². The summed E-state index contributed by atoms with van der Waals surface area (Å²) < 4.78 is 29.7. The Hall–Kier alpha value is -0.940. The summed E-state index contributed by atoms with van der Waals surface area (Å²) in [4.78, 5) is 0. The van der Waals surface area contributed by atoms with E-state index in [1.165, 1.54) is 50.9 Å². The van der Waals surface area contributed by atoms with Crippen molar-refractivity contribution in [2.24, 2.45) is 0 Å². The van der Waals surface area contributed by atoms with E-state index < -0.39 is 10.3 Å². The Balaban J connectivity index is 2.04. The first-order valence-electron chi connectivity index (χ1n) is 8.03. The van der Waals surface area contributed by atoms with Gasteiger partial charge in [-0.15, -0.1) is 8.42 Å². The van der Waals surface area contributed by atoms with Gasteiger partial charge in [0.05, 0.1) is 6.61 Å².